The molecule has 1 amide bonds. The Balaban J connectivity index is 1.14. The van der Waals surface area contributed by atoms with Gasteiger partial charge in [-0.05, 0) is 78.6 Å². The Kier molecular flexibility index (Phi) is 5.79. The molecule has 2 fully saturated rings. The van der Waals surface area contributed by atoms with E-state index in [0.717, 1.165) is 18.4 Å². The predicted octanol–water partition coefficient (Wildman–Crippen LogP) is 6.38. The molecule has 2 bridgehead atoms. The summed E-state index contributed by atoms with van der Waals surface area (Å²) in [6, 6.07) is 22.6. The number of benzene rings is 3. The Morgan fingerprint density at radius 3 is 2.11 bits per heavy atom. The molecule has 0 spiro atoms. The zero-order valence-corrected chi connectivity index (χ0v) is 20.8. The van der Waals surface area contributed by atoms with Crippen molar-refractivity contribution in [1.82, 2.24) is 4.90 Å². The quantitative estimate of drug-likeness (QED) is 0.397. The third-order valence-electron chi connectivity index (χ3n) is 8.22. The van der Waals surface area contributed by atoms with Crippen LogP contribution in [0, 0.1) is 12.8 Å². The number of fused-ring (bicyclic) bond motifs is 5. The normalized spacial score (nSPS) is 22.2. The van der Waals surface area contributed by atoms with Crippen LogP contribution in [0.3, 0.4) is 0 Å². The molecule has 5 nitrogen and oxygen atoms in total. The van der Waals surface area contributed by atoms with Gasteiger partial charge in [0, 0.05) is 29.5 Å². The van der Waals surface area contributed by atoms with Crippen molar-refractivity contribution in [3.63, 3.8) is 0 Å². The van der Waals surface area contributed by atoms with Gasteiger partial charge in [-0.3, -0.25) is 4.79 Å². The maximum Gasteiger partial charge on any atom is 0.410 e. The lowest BCUT2D eigenvalue weighted by atomic mass is 9.84. The topological polar surface area (TPSA) is 55.8 Å². The summed E-state index contributed by atoms with van der Waals surface area (Å²) in [5.74, 6) is 0.833. The molecule has 0 saturated carbocycles. The smallest absolute Gasteiger partial charge is 0.410 e. The fourth-order valence-electron chi connectivity index (χ4n) is 6.60. The van der Waals surface area contributed by atoms with E-state index >= 15 is 0 Å². The van der Waals surface area contributed by atoms with Crippen LogP contribution in [0.5, 0.6) is 5.75 Å². The Labute approximate surface area is 212 Å². The minimum absolute atomic E-state index is 0.0504. The highest BCUT2D eigenvalue weighted by Gasteiger charge is 2.46. The predicted molar refractivity (Wildman–Crippen MR) is 139 cm³/mol. The third kappa shape index (κ3) is 3.87. The number of aryl methyl sites for hydroxylation is 1. The van der Waals surface area contributed by atoms with Gasteiger partial charge in [-0.15, -0.1) is 0 Å². The first-order valence-corrected chi connectivity index (χ1v) is 12.9. The lowest BCUT2D eigenvalue weighted by Crippen LogP contribution is -2.48. The highest BCUT2D eigenvalue weighted by atomic mass is 16.6. The second kappa shape index (κ2) is 9.12. The van der Waals surface area contributed by atoms with Gasteiger partial charge in [0.1, 0.15) is 12.4 Å². The SMILES string of the molecule is COc1cc(C)cc(C(=O)C2CC3CCC(C2)N3C(=O)OCC2c3ccccc3-c3ccccc32)c1. The molecule has 0 N–H and O–H groups in total. The number of ether oxygens (including phenoxy) is 2. The minimum Gasteiger partial charge on any atom is -0.497 e. The molecular formula is C31H31NO4. The summed E-state index contributed by atoms with van der Waals surface area (Å²) < 4.78 is 11.3. The van der Waals surface area contributed by atoms with Crippen LogP contribution >= 0.6 is 0 Å². The maximum atomic E-state index is 13.4. The second-order valence-corrected chi connectivity index (χ2v) is 10.4. The van der Waals surface area contributed by atoms with Gasteiger partial charge in [-0.25, -0.2) is 4.79 Å². The van der Waals surface area contributed by atoms with Crippen molar-refractivity contribution in [2.75, 3.05) is 13.7 Å². The zero-order valence-electron chi connectivity index (χ0n) is 20.8. The van der Waals surface area contributed by atoms with E-state index in [2.05, 4.69) is 36.4 Å². The highest BCUT2D eigenvalue weighted by Crippen LogP contribution is 2.45. The van der Waals surface area contributed by atoms with E-state index in [-0.39, 0.29) is 35.8 Å². The first-order chi connectivity index (χ1) is 17.5. The number of Topliss-reactive ketones (excluding diaryl/α,β-unsaturated/α-hetero) is 1. The number of nitrogens with zero attached hydrogens (tertiary/aromatic N) is 1. The molecule has 5 heteroatoms. The van der Waals surface area contributed by atoms with Crippen molar-refractivity contribution in [2.45, 2.75) is 50.6 Å². The highest BCUT2D eigenvalue weighted by molar-refractivity contribution is 5.98. The van der Waals surface area contributed by atoms with E-state index in [1.165, 1.54) is 22.3 Å². The molecular weight excluding hydrogens is 450 g/mol. The first-order valence-electron chi connectivity index (χ1n) is 12.9. The van der Waals surface area contributed by atoms with Gasteiger partial charge >= 0.3 is 6.09 Å². The lowest BCUT2D eigenvalue weighted by Gasteiger charge is -2.37. The number of hydrogen-bond acceptors (Lipinski definition) is 4. The van der Waals surface area contributed by atoms with E-state index in [0.29, 0.717) is 30.8 Å². The van der Waals surface area contributed by atoms with Crippen molar-refractivity contribution < 1.29 is 19.1 Å². The van der Waals surface area contributed by atoms with Crippen LogP contribution in [0.1, 0.15) is 58.6 Å². The Hall–Kier alpha value is -3.60. The fourth-order valence-corrected chi connectivity index (χ4v) is 6.60. The van der Waals surface area contributed by atoms with E-state index in [9.17, 15) is 9.59 Å². The summed E-state index contributed by atoms with van der Waals surface area (Å²) >= 11 is 0. The molecule has 2 aliphatic heterocycles. The monoisotopic (exact) mass is 481 g/mol. The summed E-state index contributed by atoms with van der Waals surface area (Å²) in [6.45, 7) is 2.30. The second-order valence-electron chi connectivity index (χ2n) is 10.4. The van der Waals surface area contributed by atoms with Gasteiger partial charge in [0.2, 0.25) is 0 Å². The molecule has 6 rings (SSSR count). The molecule has 0 radical (unpaired) electrons. The van der Waals surface area contributed by atoms with Gasteiger partial charge in [0.15, 0.2) is 5.78 Å². The van der Waals surface area contributed by atoms with Crippen molar-refractivity contribution in [1.29, 1.82) is 0 Å². The van der Waals surface area contributed by atoms with E-state index in [1.807, 2.05) is 42.2 Å². The number of piperidine rings is 1. The number of methoxy groups -OCH3 is 1. The number of rotatable bonds is 5. The van der Waals surface area contributed by atoms with Crippen LogP contribution in [-0.4, -0.2) is 42.6 Å². The summed E-state index contributed by atoms with van der Waals surface area (Å²) in [5.41, 5.74) is 6.59. The zero-order chi connectivity index (χ0) is 24.8. The Morgan fingerprint density at radius 2 is 1.50 bits per heavy atom. The molecule has 184 valence electrons. The van der Waals surface area contributed by atoms with Crippen LogP contribution < -0.4 is 4.74 Å². The van der Waals surface area contributed by atoms with Gasteiger partial charge in [-0.2, -0.15) is 0 Å². The van der Waals surface area contributed by atoms with Crippen LogP contribution in [0.25, 0.3) is 11.1 Å². The van der Waals surface area contributed by atoms with Gasteiger partial charge in [0.25, 0.3) is 0 Å². The summed E-state index contributed by atoms with van der Waals surface area (Å²) in [4.78, 5) is 28.6. The van der Waals surface area contributed by atoms with E-state index in [1.54, 1.807) is 7.11 Å². The van der Waals surface area contributed by atoms with Crippen LogP contribution in [-0.2, 0) is 4.74 Å². The average molecular weight is 482 g/mol. The number of amides is 1. The van der Waals surface area contributed by atoms with Crippen LogP contribution in [0.2, 0.25) is 0 Å². The number of carbonyl (C=O) groups is 2. The van der Waals surface area contributed by atoms with Crippen molar-refractivity contribution in [2.24, 2.45) is 5.92 Å². The molecule has 2 unspecified atom stereocenters. The largest absolute Gasteiger partial charge is 0.497 e. The molecule has 1 aliphatic carbocycles. The summed E-state index contributed by atoms with van der Waals surface area (Å²) in [5, 5.41) is 0. The van der Waals surface area contributed by atoms with Crippen LogP contribution in [0.4, 0.5) is 4.79 Å². The fraction of sp³-hybridized carbons (Fsp3) is 0.355. The average Bonchev–Trinajstić information content (AvgIpc) is 3.36. The molecule has 36 heavy (non-hydrogen) atoms. The standard InChI is InChI=1S/C31H31NO4/c1-19-13-20(17-24(14-19)35-2)30(33)21-15-22-11-12-23(16-21)32(22)31(34)36-18-29-27-9-5-3-7-25(27)26-8-4-6-10-28(26)29/h3-10,13-14,17,21-23,29H,11-12,15-16,18H2,1-2H3. The molecule has 3 aliphatic rings. The molecule has 2 atom stereocenters. The number of hydrogen-bond donors (Lipinski definition) is 0. The van der Waals surface area contributed by atoms with E-state index in [4.69, 9.17) is 9.47 Å². The lowest BCUT2D eigenvalue weighted by molar-refractivity contribution is 0.0506. The van der Waals surface area contributed by atoms with Gasteiger partial charge in [0.05, 0.1) is 7.11 Å². The molecule has 3 aromatic rings. The maximum absolute atomic E-state index is 13.4. The third-order valence-corrected chi connectivity index (χ3v) is 8.22. The Bertz CT molecular complexity index is 1270. The van der Waals surface area contributed by atoms with Crippen molar-refractivity contribution in [3.8, 4) is 16.9 Å². The summed E-state index contributed by atoms with van der Waals surface area (Å²) in [6.07, 6.45) is 2.99. The molecule has 2 heterocycles. The van der Waals surface area contributed by atoms with Crippen LogP contribution in [0.15, 0.2) is 66.7 Å². The number of ketones is 1. The molecule has 3 aromatic carbocycles. The number of carbonyl (C=O) groups excluding carboxylic acids is 2. The van der Waals surface area contributed by atoms with E-state index < -0.39 is 0 Å². The Morgan fingerprint density at radius 1 is 0.889 bits per heavy atom. The minimum atomic E-state index is -0.243. The molecule has 2 saturated heterocycles. The van der Waals surface area contributed by atoms with Gasteiger partial charge in [-0.1, -0.05) is 48.5 Å². The van der Waals surface area contributed by atoms with Gasteiger partial charge < -0.3 is 14.4 Å². The first kappa shape index (κ1) is 22.8. The molecule has 0 aromatic heterocycles. The van der Waals surface area contributed by atoms with Crippen molar-refractivity contribution >= 4 is 11.9 Å². The van der Waals surface area contributed by atoms with Crippen molar-refractivity contribution in [3.05, 3.63) is 89.0 Å². The summed E-state index contributed by atoms with van der Waals surface area (Å²) in [7, 11) is 1.62.